The van der Waals surface area contributed by atoms with E-state index in [1.54, 1.807) is 0 Å². The van der Waals surface area contributed by atoms with E-state index in [0.29, 0.717) is 6.04 Å². The van der Waals surface area contributed by atoms with Crippen LogP contribution in [0.2, 0.25) is 0 Å². The molecule has 0 aromatic heterocycles. The summed E-state index contributed by atoms with van der Waals surface area (Å²) in [6.45, 7) is 4.52. The Morgan fingerprint density at radius 1 is 1.12 bits per heavy atom. The monoisotopic (exact) mass is 237 g/mol. The third kappa shape index (κ3) is 3.62. The number of guanidine groups is 1. The minimum Gasteiger partial charge on any atom is -0.370 e. The van der Waals surface area contributed by atoms with Crippen LogP contribution in [0.3, 0.4) is 0 Å². The van der Waals surface area contributed by atoms with Crippen molar-refractivity contribution < 1.29 is 0 Å². The van der Waals surface area contributed by atoms with Crippen LogP contribution in [-0.4, -0.2) is 30.0 Å². The normalized spacial score (nSPS) is 28.4. The van der Waals surface area contributed by atoms with Gasteiger partial charge in [0.2, 0.25) is 0 Å². The maximum Gasteiger partial charge on any atom is 0.191 e. The fourth-order valence-corrected chi connectivity index (χ4v) is 3.10. The highest BCUT2D eigenvalue weighted by molar-refractivity contribution is 5.78. The van der Waals surface area contributed by atoms with Crippen LogP contribution in [0, 0.1) is 5.92 Å². The van der Waals surface area contributed by atoms with E-state index in [-0.39, 0.29) is 0 Å². The number of likely N-dealkylation sites (tertiary alicyclic amines) is 1. The molecule has 0 bridgehead atoms. The molecule has 0 spiro atoms. The molecule has 2 rings (SSSR count). The zero-order valence-corrected chi connectivity index (χ0v) is 11.2. The molecule has 1 aliphatic heterocycles. The number of rotatable bonds is 2. The molecule has 2 N–H and O–H groups in total. The topological polar surface area (TPSA) is 41.6 Å². The molecule has 1 aliphatic carbocycles. The average Bonchev–Trinajstić information content (AvgIpc) is 2.71. The maximum atomic E-state index is 6.16. The predicted molar refractivity (Wildman–Crippen MR) is 73.1 cm³/mol. The Hall–Kier alpha value is -0.730. The van der Waals surface area contributed by atoms with Gasteiger partial charge in [0.1, 0.15) is 0 Å². The van der Waals surface area contributed by atoms with Gasteiger partial charge in [0.05, 0.1) is 6.04 Å². The zero-order valence-electron chi connectivity index (χ0n) is 11.2. The van der Waals surface area contributed by atoms with Gasteiger partial charge >= 0.3 is 0 Å². The second-order valence-electron chi connectivity index (χ2n) is 5.62. The molecule has 1 unspecified atom stereocenters. The quantitative estimate of drug-likeness (QED) is 0.592. The van der Waals surface area contributed by atoms with Gasteiger partial charge < -0.3 is 10.6 Å². The first kappa shape index (κ1) is 12.7. The Bertz CT molecular complexity index is 256. The first-order valence-corrected chi connectivity index (χ1v) is 7.37. The number of nitrogens with two attached hydrogens (primary N) is 1. The number of aliphatic imine (C=N–C) groups is 1. The van der Waals surface area contributed by atoms with Gasteiger partial charge in [-0.25, -0.2) is 4.99 Å². The second kappa shape index (κ2) is 6.27. The molecule has 3 heteroatoms. The number of nitrogens with zero attached hydrogens (tertiary/aromatic N) is 2. The summed E-state index contributed by atoms with van der Waals surface area (Å²) in [5.41, 5.74) is 6.16. The Balaban J connectivity index is 1.87. The van der Waals surface area contributed by atoms with Crippen LogP contribution in [0.25, 0.3) is 0 Å². The van der Waals surface area contributed by atoms with E-state index in [1.165, 1.54) is 51.4 Å². The lowest BCUT2D eigenvalue weighted by Gasteiger charge is -2.22. The summed E-state index contributed by atoms with van der Waals surface area (Å²) in [7, 11) is 0. The summed E-state index contributed by atoms with van der Waals surface area (Å²) >= 11 is 0. The molecule has 1 saturated carbocycles. The molecular formula is C14H27N3. The molecule has 17 heavy (non-hydrogen) atoms. The van der Waals surface area contributed by atoms with Crippen molar-refractivity contribution >= 4 is 5.96 Å². The minimum atomic E-state index is 0.514. The van der Waals surface area contributed by atoms with Crippen LogP contribution in [0.5, 0.6) is 0 Å². The largest absolute Gasteiger partial charge is 0.370 e. The van der Waals surface area contributed by atoms with Crippen LogP contribution in [0.1, 0.15) is 58.3 Å². The number of hydrogen-bond acceptors (Lipinski definition) is 1. The molecule has 0 aromatic rings. The molecule has 3 nitrogen and oxygen atoms in total. The Kier molecular flexibility index (Phi) is 4.69. The van der Waals surface area contributed by atoms with Gasteiger partial charge in [-0.3, -0.25) is 0 Å². The van der Waals surface area contributed by atoms with E-state index < -0.39 is 0 Å². The molecule has 98 valence electrons. The summed E-state index contributed by atoms with van der Waals surface area (Å²) < 4.78 is 0. The van der Waals surface area contributed by atoms with Gasteiger partial charge in [-0.1, -0.05) is 26.2 Å². The maximum absolute atomic E-state index is 6.16. The molecule has 2 aliphatic rings. The van der Waals surface area contributed by atoms with E-state index in [4.69, 9.17) is 10.7 Å². The molecule has 1 saturated heterocycles. The smallest absolute Gasteiger partial charge is 0.191 e. The highest BCUT2D eigenvalue weighted by Gasteiger charge is 2.19. The summed E-state index contributed by atoms with van der Waals surface area (Å²) in [5, 5.41) is 0. The van der Waals surface area contributed by atoms with E-state index >= 15 is 0 Å². The fourth-order valence-electron chi connectivity index (χ4n) is 3.10. The minimum absolute atomic E-state index is 0.514. The van der Waals surface area contributed by atoms with Crippen molar-refractivity contribution in [2.75, 3.05) is 13.1 Å². The van der Waals surface area contributed by atoms with E-state index in [1.807, 2.05) is 0 Å². The first-order chi connectivity index (χ1) is 8.29. The molecule has 1 atom stereocenters. The van der Waals surface area contributed by atoms with Gasteiger partial charge in [0.25, 0.3) is 0 Å². The molecular weight excluding hydrogens is 210 g/mol. The molecule has 0 aromatic carbocycles. The SMILES string of the molecule is CCC1CCCN(C(N)=NC2CCCC2)CC1. The Morgan fingerprint density at radius 3 is 2.59 bits per heavy atom. The van der Waals surface area contributed by atoms with Crippen molar-refractivity contribution in [2.45, 2.75) is 64.3 Å². The van der Waals surface area contributed by atoms with Crippen LogP contribution in [-0.2, 0) is 0 Å². The van der Waals surface area contributed by atoms with E-state index in [0.717, 1.165) is 25.0 Å². The zero-order chi connectivity index (χ0) is 12.1. The molecule has 2 fully saturated rings. The average molecular weight is 237 g/mol. The van der Waals surface area contributed by atoms with Gasteiger partial charge in [0, 0.05) is 13.1 Å². The third-order valence-corrected chi connectivity index (χ3v) is 4.39. The van der Waals surface area contributed by atoms with Crippen LogP contribution in [0.4, 0.5) is 0 Å². The number of hydrogen-bond donors (Lipinski definition) is 1. The summed E-state index contributed by atoms with van der Waals surface area (Å²) in [4.78, 5) is 7.03. The van der Waals surface area contributed by atoms with E-state index in [9.17, 15) is 0 Å². The van der Waals surface area contributed by atoms with E-state index in [2.05, 4.69) is 11.8 Å². The standard InChI is InChI=1S/C14H27N3/c1-2-12-6-5-10-17(11-9-12)14(15)16-13-7-3-4-8-13/h12-13H,2-11H2,1H3,(H2,15,16). The van der Waals surface area contributed by atoms with Crippen molar-refractivity contribution in [2.24, 2.45) is 16.6 Å². The Labute approximate surface area is 105 Å². The summed E-state index contributed by atoms with van der Waals surface area (Å²) in [6.07, 6.45) is 10.4. The predicted octanol–water partition coefficient (Wildman–Crippen LogP) is 2.76. The van der Waals surface area contributed by atoms with Gasteiger partial charge in [-0.05, 0) is 38.0 Å². The highest BCUT2D eigenvalue weighted by Crippen LogP contribution is 2.22. The lowest BCUT2D eigenvalue weighted by Crippen LogP contribution is -2.38. The molecule has 1 heterocycles. The third-order valence-electron chi connectivity index (χ3n) is 4.39. The van der Waals surface area contributed by atoms with Crippen LogP contribution in [0.15, 0.2) is 4.99 Å². The van der Waals surface area contributed by atoms with Crippen molar-refractivity contribution in [1.29, 1.82) is 0 Å². The van der Waals surface area contributed by atoms with Crippen LogP contribution >= 0.6 is 0 Å². The molecule has 0 radical (unpaired) electrons. The van der Waals surface area contributed by atoms with Crippen molar-refractivity contribution in [3.63, 3.8) is 0 Å². The highest BCUT2D eigenvalue weighted by atomic mass is 15.3. The first-order valence-electron chi connectivity index (χ1n) is 7.37. The lowest BCUT2D eigenvalue weighted by molar-refractivity contribution is 0.405. The van der Waals surface area contributed by atoms with Crippen molar-refractivity contribution in [3.8, 4) is 0 Å². The molecule has 0 amide bonds. The van der Waals surface area contributed by atoms with Crippen molar-refractivity contribution in [1.82, 2.24) is 4.90 Å². The van der Waals surface area contributed by atoms with Gasteiger partial charge in [-0.15, -0.1) is 0 Å². The Morgan fingerprint density at radius 2 is 1.88 bits per heavy atom. The second-order valence-corrected chi connectivity index (χ2v) is 5.62. The van der Waals surface area contributed by atoms with Gasteiger partial charge in [-0.2, -0.15) is 0 Å². The van der Waals surface area contributed by atoms with Gasteiger partial charge in [0.15, 0.2) is 5.96 Å². The summed E-state index contributed by atoms with van der Waals surface area (Å²) in [5.74, 6) is 1.72. The van der Waals surface area contributed by atoms with Crippen LogP contribution < -0.4 is 5.73 Å². The summed E-state index contributed by atoms with van der Waals surface area (Å²) in [6, 6.07) is 0.514. The van der Waals surface area contributed by atoms with Crippen molar-refractivity contribution in [3.05, 3.63) is 0 Å². The lowest BCUT2D eigenvalue weighted by atomic mass is 9.98. The fraction of sp³-hybridized carbons (Fsp3) is 0.929.